The molecule has 0 saturated carbocycles. The summed E-state index contributed by atoms with van der Waals surface area (Å²) in [5, 5.41) is 11.4. The number of H-pyrrole nitrogens is 1. The molecule has 5 aromatic rings. The Morgan fingerprint density at radius 1 is 0.759 bits per heavy atom. The van der Waals surface area contributed by atoms with Crippen molar-refractivity contribution in [1.82, 2.24) is 9.55 Å². The maximum absolute atomic E-state index is 13.8. The molecule has 0 spiro atoms. The number of aromatic nitrogens is 2. The van der Waals surface area contributed by atoms with E-state index in [2.05, 4.69) is 11.9 Å². The number of nitrogens with zero attached hydrogens (tertiary/aromatic N) is 2. The van der Waals surface area contributed by atoms with E-state index in [1.54, 1.807) is 66.7 Å². The Hall–Kier alpha value is -6.71. The van der Waals surface area contributed by atoms with Gasteiger partial charge in [0.2, 0.25) is 0 Å². The van der Waals surface area contributed by atoms with Gasteiger partial charge in [0.05, 0.1) is 27.2 Å². The summed E-state index contributed by atoms with van der Waals surface area (Å²) in [7, 11) is 0. The number of rotatable bonds is 17. The third kappa shape index (κ3) is 9.99. The lowest BCUT2D eigenvalue weighted by Gasteiger charge is -2.26. The fraction of sp³-hybridized carbons (Fsp3) is 0.279. The van der Waals surface area contributed by atoms with Crippen molar-refractivity contribution in [1.29, 1.82) is 0 Å². The number of non-ortho nitro benzene ring substituents is 1. The first-order valence-corrected chi connectivity index (χ1v) is 18.8. The van der Waals surface area contributed by atoms with Gasteiger partial charge >= 0.3 is 23.6 Å². The molecule has 1 saturated heterocycles. The lowest BCUT2D eigenvalue weighted by molar-refractivity contribution is -0.384. The summed E-state index contributed by atoms with van der Waals surface area (Å²) >= 11 is 0. The lowest BCUT2D eigenvalue weighted by Crippen LogP contribution is -2.43. The third-order valence-electron chi connectivity index (χ3n) is 9.42. The van der Waals surface area contributed by atoms with Crippen molar-refractivity contribution in [2.75, 3.05) is 13.2 Å². The zero-order valence-corrected chi connectivity index (χ0v) is 31.5. The summed E-state index contributed by atoms with van der Waals surface area (Å²) in [6.45, 7) is 1.77. The number of carbonyl (C=O) groups excluding carboxylic acids is 3. The smallest absolute Gasteiger partial charge is 0.338 e. The average molecular weight is 792 g/mol. The topological polar surface area (TPSA) is 195 Å². The van der Waals surface area contributed by atoms with Gasteiger partial charge in [-0.15, -0.1) is 0 Å². The first-order chi connectivity index (χ1) is 28.1. The van der Waals surface area contributed by atoms with Gasteiger partial charge in [0.15, 0.2) is 18.4 Å². The number of nitro benzene ring substituents is 1. The number of nitro groups is 1. The molecule has 6 rings (SSSR count). The summed E-state index contributed by atoms with van der Waals surface area (Å²) < 4.78 is 31.2. The van der Waals surface area contributed by atoms with Crippen LogP contribution in [-0.2, 0) is 23.7 Å². The Kier molecular flexibility index (Phi) is 13.7. The molecule has 0 amide bonds. The van der Waals surface area contributed by atoms with Crippen molar-refractivity contribution in [3.8, 4) is 0 Å². The van der Waals surface area contributed by atoms with Crippen molar-refractivity contribution >= 4 is 23.6 Å². The number of nitrogens with one attached hydrogen (secondary N) is 1. The number of hydrogen-bond donors (Lipinski definition) is 1. The number of benzene rings is 4. The minimum Gasteiger partial charge on any atom is -0.459 e. The van der Waals surface area contributed by atoms with Crippen LogP contribution in [0.4, 0.5) is 5.69 Å². The highest BCUT2D eigenvalue weighted by Crippen LogP contribution is 2.36. The van der Waals surface area contributed by atoms with Gasteiger partial charge in [-0.2, -0.15) is 0 Å². The molecule has 0 unspecified atom stereocenters. The predicted molar refractivity (Wildman–Crippen MR) is 208 cm³/mol. The maximum atomic E-state index is 13.8. The van der Waals surface area contributed by atoms with Crippen LogP contribution in [0.15, 0.2) is 131 Å². The van der Waals surface area contributed by atoms with E-state index in [4.69, 9.17) is 23.7 Å². The largest absolute Gasteiger partial charge is 0.459 e. The molecule has 1 fully saturated rings. The molecular weight excluding hydrogens is 750 g/mol. The minimum atomic E-state index is -1.56. The van der Waals surface area contributed by atoms with E-state index < -0.39 is 71.3 Å². The van der Waals surface area contributed by atoms with Crippen LogP contribution in [0.1, 0.15) is 87.1 Å². The molecule has 0 bridgehead atoms. The minimum absolute atomic E-state index is 0.0718. The van der Waals surface area contributed by atoms with Gasteiger partial charge in [0.1, 0.15) is 18.8 Å². The van der Waals surface area contributed by atoms with Crippen molar-refractivity contribution in [3.63, 3.8) is 0 Å². The number of aromatic amines is 1. The number of unbranched alkanes of at least 4 members (excludes halogenated alkanes) is 3. The van der Waals surface area contributed by atoms with Gasteiger partial charge in [0.25, 0.3) is 11.2 Å². The first-order valence-electron chi connectivity index (χ1n) is 18.8. The molecule has 2 heterocycles. The van der Waals surface area contributed by atoms with Crippen LogP contribution in [0.3, 0.4) is 0 Å². The normalized spacial score (nSPS) is 17.9. The number of hydrogen-bond acceptors (Lipinski definition) is 12. The van der Waals surface area contributed by atoms with Crippen LogP contribution in [0.5, 0.6) is 0 Å². The van der Waals surface area contributed by atoms with Crippen LogP contribution >= 0.6 is 0 Å². The highest BCUT2D eigenvalue weighted by atomic mass is 16.7. The van der Waals surface area contributed by atoms with Crippen LogP contribution in [0.25, 0.3) is 0 Å². The van der Waals surface area contributed by atoms with E-state index in [1.165, 1.54) is 54.7 Å². The zero-order valence-electron chi connectivity index (χ0n) is 31.5. The Balaban J connectivity index is 1.42. The molecule has 1 aromatic heterocycles. The first kappa shape index (κ1) is 40.9. The van der Waals surface area contributed by atoms with Gasteiger partial charge in [-0.1, -0.05) is 80.8 Å². The van der Waals surface area contributed by atoms with Gasteiger partial charge < -0.3 is 23.7 Å². The molecule has 300 valence electrons. The van der Waals surface area contributed by atoms with Crippen molar-refractivity contribution < 1.29 is 43.0 Å². The Labute approximate surface area is 332 Å². The standard InChI is InChI=1S/C43H41N3O12/c1-2-3-4-14-25-54-35(28-21-23-32(24-22-28)46(52)53)33-26-45(43(51)44-38(33)47)39-37(58-42(50)31-19-12-7-13-20-31)36(57-41(49)30-17-10-6-11-18-30)34(56-39)27-55-40(48)29-15-8-5-9-16-29/h5-13,15-24,26,34-37,39H,2-4,14,25,27H2,1H3,(H,44,47,51)/t34-,35+,36-,37-,39-/m1/s1. The van der Waals surface area contributed by atoms with E-state index in [0.717, 1.165) is 23.8 Å². The van der Waals surface area contributed by atoms with E-state index >= 15 is 0 Å². The number of esters is 3. The molecule has 5 atom stereocenters. The van der Waals surface area contributed by atoms with Crippen LogP contribution in [0.2, 0.25) is 0 Å². The molecule has 1 aliphatic rings. The summed E-state index contributed by atoms with van der Waals surface area (Å²) in [4.78, 5) is 80.9. The quantitative estimate of drug-likeness (QED) is 0.0362. The van der Waals surface area contributed by atoms with E-state index in [9.17, 15) is 34.1 Å². The Morgan fingerprint density at radius 2 is 1.31 bits per heavy atom. The summed E-state index contributed by atoms with van der Waals surface area (Å²) in [5.74, 6) is -2.39. The van der Waals surface area contributed by atoms with Gasteiger partial charge in [0, 0.05) is 24.9 Å². The highest BCUT2D eigenvalue weighted by molar-refractivity contribution is 5.91. The van der Waals surface area contributed by atoms with Crippen LogP contribution in [-0.4, -0.2) is 63.9 Å². The fourth-order valence-corrected chi connectivity index (χ4v) is 6.42. The van der Waals surface area contributed by atoms with E-state index in [-0.39, 0.29) is 34.5 Å². The van der Waals surface area contributed by atoms with Crippen molar-refractivity contribution in [2.24, 2.45) is 0 Å². The molecule has 4 aromatic carbocycles. The van der Waals surface area contributed by atoms with Crippen molar-refractivity contribution in [2.45, 2.75) is 63.3 Å². The van der Waals surface area contributed by atoms with Gasteiger partial charge in [-0.25, -0.2) is 19.2 Å². The molecule has 0 radical (unpaired) electrons. The summed E-state index contributed by atoms with van der Waals surface area (Å²) in [6, 6.07) is 29.6. The van der Waals surface area contributed by atoms with E-state index in [1.807, 2.05) is 0 Å². The zero-order chi connectivity index (χ0) is 41.0. The lowest BCUT2D eigenvalue weighted by atomic mass is 10.0. The van der Waals surface area contributed by atoms with Gasteiger partial charge in [-0.05, 0) is 60.5 Å². The monoisotopic (exact) mass is 791 g/mol. The van der Waals surface area contributed by atoms with Crippen LogP contribution in [0, 0.1) is 10.1 Å². The highest BCUT2D eigenvalue weighted by Gasteiger charge is 2.52. The predicted octanol–water partition coefficient (Wildman–Crippen LogP) is 6.34. The SMILES string of the molecule is CCCCCCO[C@@H](c1ccc([N+](=O)[O-])cc1)c1cn([C@@H]2O[C@H](COC(=O)c3ccccc3)[C@@H](OC(=O)c3ccccc3)[C@H]2OC(=O)c2ccccc2)c(=O)[nH]c1=O. The number of carbonyl (C=O) groups is 3. The Bertz CT molecular complexity index is 2300. The molecule has 1 aliphatic heterocycles. The third-order valence-corrected chi connectivity index (χ3v) is 9.42. The molecule has 58 heavy (non-hydrogen) atoms. The van der Waals surface area contributed by atoms with Gasteiger partial charge in [-0.3, -0.25) is 24.5 Å². The molecule has 1 N–H and O–H groups in total. The second-order valence-electron chi connectivity index (χ2n) is 13.4. The van der Waals surface area contributed by atoms with Crippen molar-refractivity contribution in [3.05, 3.63) is 180 Å². The second kappa shape index (κ2) is 19.4. The average Bonchev–Trinajstić information content (AvgIpc) is 3.57. The van der Waals surface area contributed by atoms with Crippen LogP contribution < -0.4 is 11.2 Å². The molecular formula is C43H41N3O12. The summed E-state index contributed by atoms with van der Waals surface area (Å²) in [6.07, 6.45) is -2.37. The van der Waals surface area contributed by atoms with E-state index in [0.29, 0.717) is 12.0 Å². The Morgan fingerprint density at radius 3 is 1.86 bits per heavy atom. The summed E-state index contributed by atoms with van der Waals surface area (Å²) in [5.41, 5.74) is -1.12. The molecule has 15 heteroatoms. The molecule has 0 aliphatic carbocycles. The molecule has 15 nitrogen and oxygen atoms in total. The number of ether oxygens (including phenoxy) is 5. The maximum Gasteiger partial charge on any atom is 0.338 e. The second-order valence-corrected chi connectivity index (χ2v) is 13.4. The fourth-order valence-electron chi connectivity index (χ4n) is 6.42.